The van der Waals surface area contributed by atoms with Crippen LogP contribution in [-0.4, -0.2) is 12.6 Å². The second kappa shape index (κ2) is 5.36. The van der Waals surface area contributed by atoms with Gasteiger partial charge in [-0.1, -0.05) is 18.2 Å². The minimum atomic E-state index is -3.32. The molecule has 0 heterocycles. The van der Waals surface area contributed by atoms with Gasteiger partial charge in [0.1, 0.15) is 5.75 Å². The van der Waals surface area contributed by atoms with Crippen molar-refractivity contribution < 1.29 is 13.6 Å². The predicted molar refractivity (Wildman–Crippen MR) is 85.7 cm³/mol. The quantitative estimate of drug-likeness (QED) is 0.818. The van der Waals surface area contributed by atoms with Crippen LogP contribution in [0.2, 0.25) is 0 Å². The standard InChI is InChI=1S/C17H24NO3P/c1-18-22(19,20-16-5-3-2-4-6-16)21-17-10-13-7-14(11-17)9-15(8-13)12-17/h2-6,13-15H,7-12H2,1H3,(H,18,19)/t13?,14?,15?,17?,22-/m1/s1. The molecule has 1 aromatic carbocycles. The molecule has 0 unspecified atom stereocenters. The molecule has 4 aliphatic carbocycles. The number of nitrogens with one attached hydrogen (secondary N) is 1. The Morgan fingerprint density at radius 2 is 1.59 bits per heavy atom. The van der Waals surface area contributed by atoms with E-state index in [0.717, 1.165) is 37.0 Å². The smallest absolute Gasteiger partial charge is 0.413 e. The Bertz CT molecular complexity index is 554. The summed E-state index contributed by atoms with van der Waals surface area (Å²) in [5.74, 6) is 2.86. The van der Waals surface area contributed by atoms with Gasteiger partial charge in [0.15, 0.2) is 0 Å². The van der Waals surface area contributed by atoms with Crippen LogP contribution in [-0.2, 0) is 9.09 Å². The van der Waals surface area contributed by atoms with Crippen LogP contribution in [0.25, 0.3) is 0 Å². The molecule has 1 atom stereocenters. The van der Waals surface area contributed by atoms with Gasteiger partial charge < -0.3 is 4.52 Å². The van der Waals surface area contributed by atoms with Crippen molar-refractivity contribution in [3.63, 3.8) is 0 Å². The average Bonchev–Trinajstić information content (AvgIpc) is 2.46. The second-order valence-electron chi connectivity index (χ2n) is 7.32. The first-order valence-electron chi connectivity index (χ1n) is 8.33. The number of rotatable bonds is 5. The van der Waals surface area contributed by atoms with E-state index in [-0.39, 0.29) is 5.60 Å². The zero-order chi connectivity index (χ0) is 15.2. The van der Waals surface area contributed by atoms with Crippen molar-refractivity contribution in [1.82, 2.24) is 5.09 Å². The number of hydrogen-bond donors (Lipinski definition) is 1. The molecule has 4 aliphatic rings. The van der Waals surface area contributed by atoms with Gasteiger partial charge in [-0.25, -0.2) is 9.65 Å². The Labute approximate surface area is 132 Å². The highest BCUT2D eigenvalue weighted by Crippen LogP contribution is 2.61. The first-order chi connectivity index (χ1) is 10.6. The van der Waals surface area contributed by atoms with E-state index in [9.17, 15) is 4.57 Å². The summed E-state index contributed by atoms with van der Waals surface area (Å²) >= 11 is 0. The van der Waals surface area contributed by atoms with Crippen LogP contribution in [0.1, 0.15) is 38.5 Å². The van der Waals surface area contributed by atoms with Gasteiger partial charge in [-0.2, -0.15) is 0 Å². The highest BCUT2D eigenvalue weighted by molar-refractivity contribution is 7.52. The van der Waals surface area contributed by atoms with Crippen molar-refractivity contribution in [2.45, 2.75) is 44.1 Å². The molecule has 22 heavy (non-hydrogen) atoms. The van der Waals surface area contributed by atoms with Crippen LogP contribution in [0, 0.1) is 17.8 Å². The third-order valence-corrected chi connectivity index (χ3v) is 7.17. The number of benzene rings is 1. The summed E-state index contributed by atoms with van der Waals surface area (Å²) in [5.41, 5.74) is -0.234. The summed E-state index contributed by atoms with van der Waals surface area (Å²) < 4.78 is 25.0. The molecular formula is C17H24NO3P. The molecule has 0 aromatic heterocycles. The van der Waals surface area contributed by atoms with Gasteiger partial charge in [-0.15, -0.1) is 0 Å². The van der Waals surface area contributed by atoms with Crippen molar-refractivity contribution in [2.24, 2.45) is 17.8 Å². The third kappa shape index (κ3) is 2.73. The fourth-order valence-corrected chi connectivity index (χ4v) is 6.48. The zero-order valence-electron chi connectivity index (χ0n) is 13.0. The Morgan fingerprint density at radius 3 is 2.09 bits per heavy atom. The predicted octanol–water partition coefficient (Wildman–Crippen LogP) is 4.38. The lowest BCUT2D eigenvalue weighted by Gasteiger charge is -2.56. The van der Waals surface area contributed by atoms with Gasteiger partial charge in [0, 0.05) is 0 Å². The van der Waals surface area contributed by atoms with E-state index in [4.69, 9.17) is 9.05 Å². The van der Waals surface area contributed by atoms with E-state index in [1.807, 2.05) is 30.3 Å². The lowest BCUT2D eigenvalue weighted by atomic mass is 9.54. The van der Waals surface area contributed by atoms with Crippen LogP contribution in [0.4, 0.5) is 0 Å². The maximum atomic E-state index is 13.1. The zero-order valence-corrected chi connectivity index (χ0v) is 13.9. The molecule has 4 saturated carbocycles. The molecule has 5 rings (SSSR count). The van der Waals surface area contributed by atoms with Crippen molar-refractivity contribution >= 4 is 7.75 Å². The fourth-order valence-electron chi connectivity index (χ4n) is 5.13. The normalized spacial score (nSPS) is 38.7. The molecule has 0 aliphatic heterocycles. The van der Waals surface area contributed by atoms with Gasteiger partial charge in [-0.05, 0) is 75.5 Å². The summed E-state index contributed by atoms with van der Waals surface area (Å²) in [7, 11) is -1.66. The molecule has 1 aromatic rings. The van der Waals surface area contributed by atoms with E-state index in [1.54, 1.807) is 7.05 Å². The SMILES string of the molecule is CN[P@@](=O)(Oc1ccccc1)OC12CC3CC(CC(C3)C1)C2. The topological polar surface area (TPSA) is 47.6 Å². The molecule has 120 valence electrons. The number of hydrogen-bond acceptors (Lipinski definition) is 3. The molecule has 0 radical (unpaired) electrons. The summed E-state index contributed by atoms with van der Waals surface area (Å²) in [4.78, 5) is 0. The first kappa shape index (κ1) is 14.7. The molecular weight excluding hydrogens is 297 g/mol. The van der Waals surface area contributed by atoms with E-state index >= 15 is 0 Å². The highest BCUT2D eigenvalue weighted by atomic mass is 31.2. The monoisotopic (exact) mass is 321 g/mol. The van der Waals surface area contributed by atoms with Crippen molar-refractivity contribution in [1.29, 1.82) is 0 Å². The summed E-state index contributed by atoms with van der Waals surface area (Å²) in [6.07, 6.45) is 7.15. The molecule has 4 fully saturated rings. The third-order valence-electron chi connectivity index (χ3n) is 5.54. The van der Waals surface area contributed by atoms with Crippen LogP contribution in [0.15, 0.2) is 30.3 Å². The van der Waals surface area contributed by atoms with Crippen LogP contribution in [0.5, 0.6) is 5.75 Å². The molecule has 4 bridgehead atoms. The average molecular weight is 321 g/mol. The summed E-state index contributed by atoms with van der Waals surface area (Å²) in [6.45, 7) is 0. The van der Waals surface area contributed by atoms with Crippen LogP contribution < -0.4 is 9.61 Å². The largest absolute Gasteiger partial charge is 0.458 e. The Kier molecular flexibility index (Phi) is 3.60. The summed E-state index contributed by atoms with van der Waals surface area (Å²) in [6, 6.07) is 9.29. The Morgan fingerprint density at radius 1 is 1.05 bits per heavy atom. The molecule has 1 N–H and O–H groups in total. The van der Waals surface area contributed by atoms with E-state index < -0.39 is 7.75 Å². The van der Waals surface area contributed by atoms with Crippen LogP contribution >= 0.6 is 7.75 Å². The maximum Gasteiger partial charge on any atom is 0.458 e. The van der Waals surface area contributed by atoms with E-state index in [0.29, 0.717) is 5.75 Å². The van der Waals surface area contributed by atoms with Crippen LogP contribution in [0.3, 0.4) is 0 Å². The lowest BCUT2D eigenvalue weighted by molar-refractivity contribution is -0.111. The van der Waals surface area contributed by atoms with Gasteiger partial charge in [0.25, 0.3) is 0 Å². The minimum Gasteiger partial charge on any atom is -0.413 e. The lowest BCUT2D eigenvalue weighted by Crippen LogP contribution is -2.52. The Balaban J connectivity index is 1.54. The van der Waals surface area contributed by atoms with Crippen molar-refractivity contribution in [3.05, 3.63) is 30.3 Å². The first-order valence-corrected chi connectivity index (χ1v) is 9.87. The minimum absolute atomic E-state index is 0.234. The fraction of sp³-hybridized carbons (Fsp3) is 0.647. The van der Waals surface area contributed by atoms with Gasteiger partial charge in [0.05, 0.1) is 5.60 Å². The highest BCUT2D eigenvalue weighted by Gasteiger charge is 2.54. The van der Waals surface area contributed by atoms with Crippen molar-refractivity contribution in [3.8, 4) is 5.75 Å². The maximum absolute atomic E-state index is 13.1. The molecule has 4 nitrogen and oxygen atoms in total. The van der Waals surface area contributed by atoms with Crippen molar-refractivity contribution in [2.75, 3.05) is 7.05 Å². The second-order valence-corrected chi connectivity index (χ2v) is 9.12. The molecule has 5 heteroatoms. The van der Waals surface area contributed by atoms with E-state index in [2.05, 4.69) is 5.09 Å². The van der Waals surface area contributed by atoms with Gasteiger partial charge in [-0.3, -0.25) is 4.52 Å². The molecule has 0 amide bonds. The molecule has 0 spiro atoms. The van der Waals surface area contributed by atoms with Gasteiger partial charge in [0.2, 0.25) is 0 Å². The molecule has 0 saturated heterocycles. The summed E-state index contributed by atoms with van der Waals surface area (Å²) in [5, 5.41) is 2.81. The van der Waals surface area contributed by atoms with Gasteiger partial charge >= 0.3 is 7.75 Å². The Hall–Kier alpha value is -0.830. The number of para-hydroxylation sites is 1. The van der Waals surface area contributed by atoms with E-state index in [1.165, 1.54) is 19.3 Å².